The van der Waals surface area contributed by atoms with Crippen LogP contribution in [0, 0.1) is 0 Å². The Morgan fingerprint density at radius 2 is 1.67 bits per heavy atom. The van der Waals surface area contributed by atoms with E-state index in [1.165, 1.54) is 0 Å². The van der Waals surface area contributed by atoms with E-state index in [2.05, 4.69) is 18.8 Å². The van der Waals surface area contributed by atoms with Gasteiger partial charge in [0.15, 0.2) is 0 Å². The molecule has 0 N–H and O–H groups in total. The molecule has 1 aromatic heterocycles. The number of pyridine rings is 1. The summed E-state index contributed by atoms with van der Waals surface area (Å²) in [6.07, 6.45) is 2.00. The number of hydrogen-bond acceptors (Lipinski definition) is 2. The maximum atomic E-state index is 5.49. The number of aromatic nitrogens is 1. The van der Waals surface area contributed by atoms with Crippen molar-refractivity contribution in [3.05, 3.63) is 24.0 Å². The first-order valence-corrected chi connectivity index (χ1v) is 5.72. The van der Waals surface area contributed by atoms with Crippen LogP contribution >= 0.6 is 0 Å². The van der Waals surface area contributed by atoms with Crippen LogP contribution in [0.2, 0.25) is 0 Å². The van der Waals surface area contributed by atoms with E-state index in [-0.39, 0.29) is 6.10 Å². The third-order valence-corrected chi connectivity index (χ3v) is 1.72. The topological polar surface area (TPSA) is 22.1 Å². The van der Waals surface area contributed by atoms with Gasteiger partial charge in [-0.3, -0.25) is 4.98 Å². The first kappa shape index (κ1) is 13.9. The second-order valence-electron chi connectivity index (χ2n) is 3.74. The van der Waals surface area contributed by atoms with Gasteiger partial charge in [-0.2, -0.15) is 0 Å². The van der Waals surface area contributed by atoms with Crippen molar-refractivity contribution < 1.29 is 4.74 Å². The van der Waals surface area contributed by atoms with Gasteiger partial charge >= 0.3 is 0 Å². The van der Waals surface area contributed by atoms with E-state index in [0.29, 0.717) is 5.92 Å². The van der Waals surface area contributed by atoms with Gasteiger partial charge in [0.2, 0.25) is 0 Å². The normalized spacial score (nSPS) is 9.87. The van der Waals surface area contributed by atoms with E-state index in [9.17, 15) is 0 Å². The van der Waals surface area contributed by atoms with E-state index >= 15 is 0 Å². The quantitative estimate of drug-likeness (QED) is 0.750. The summed E-state index contributed by atoms with van der Waals surface area (Å²) in [5, 5.41) is 0. The standard InChI is InChI=1S/C11H17NO.C2H6/c1-8(2)11-6-5-10(7-12-11)13-9(3)4;1-2/h5-9H,1-4H3;1-2H3. The summed E-state index contributed by atoms with van der Waals surface area (Å²) in [6.45, 7) is 12.3. The average Bonchev–Trinajstić information content (AvgIpc) is 2.20. The molecule has 0 spiro atoms. The minimum absolute atomic E-state index is 0.215. The fraction of sp³-hybridized carbons (Fsp3) is 0.615. The van der Waals surface area contributed by atoms with Gasteiger partial charge in [-0.15, -0.1) is 0 Å². The van der Waals surface area contributed by atoms with Crippen LogP contribution < -0.4 is 4.74 Å². The molecule has 15 heavy (non-hydrogen) atoms. The predicted molar refractivity (Wildman–Crippen MR) is 65.4 cm³/mol. The Hall–Kier alpha value is -1.05. The van der Waals surface area contributed by atoms with Crippen molar-refractivity contribution in [3.8, 4) is 5.75 Å². The maximum absolute atomic E-state index is 5.49. The van der Waals surface area contributed by atoms with Crippen molar-refractivity contribution in [1.82, 2.24) is 4.98 Å². The highest BCUT2D eigenvalue weighted by Crippen LogP contribution is 2.16. The molecule has 2 nitrogen and oxygen atoms in total. The van der Waals surface area contributed by atoms with Gasteiger partial charge in [-0.25, -0.2) is 0 Å². The highest BCUT2D eigenvalue weighted by atomic mass is 16.5. The Labute approximate surface area is 93.7 Å². The van der Waals surface area contributed by atoms with Crippen LogP contribution in [0.4, 0.5) is 0 Å². The minimum atomic E-state index is 0.215. The summed E-state index contributed by atoms with van der Waals surface area (Å²) in [6, 6.07) is 3.99. The van der Waals surface area contributed by atoms with Gasteiger partial charge in [-0.1, -0.05) is 27.7 Å². The number of nitrogens with zero attached hydrogens (tertiary/aromatic N) is 1. The predicted octanol–water partition coefficient (Wildman–Crippen LogP) is 4.02. The summed E-state index contributed by atoms with van der Waals surface area (Å²) in [5.74, 6) is 1.33. The molecule has 0 amide bonds. The lowest BCUT2D eigenvalue weighted by Gasteiger charge is -2.10. The van der Waals surface area contributed by atoms with E-state index in [1.54, 1.807) is 6.20 Å². The lowest BCUT2D eigenvalue weighted by Crippen LogP contribution is -2.06. The van der Waals surface area contributed by atoms with Crippen molar-refractivity contribution >= 4 is 0 Å². The lowest BCUT2D eigenvalue weighted by molar-refractivity contribution is 0.241. The summed E-state index contributed by atoms with van der Waals surface area (Å²) in [5.41, 5.74) is 1.11. The summed E-state index contributed by atoms with van der Waals surface area (Å²) >= 11 is 0. The minimum Gasteiger partial charge on any atom is -0.489 e. The highest BCUT2D eigenvalue weighted by Gasteiger charge is 2.01. The molecule has 1 heterocycles. The lowest BCUT2D eigenvalue weighted by atomic mass is 10.1. The number of hydrogen-bond donors (Lipinski definition) is 0. The average molecular weight is 209 g/mol. The van der Waals surface area contributed by atoms with Gasteiger partial charge in [0.25, 0.3) is 0 Å². The molecular formula is C13H23NO. The smallest absolute Gasteiger partial charge is 0.137 e. The second kappa shape index (κ2) is 7.27. The molecule has 2 heteroatoms. The van der Waals surface area contributed by atoms with Crippen LogP contribution in [-0.2, 0) is 0 Å². The van der Waals surface area contributed by atoms with Crippen LogP contribution in [0.15, 0.2) is 18.3 Å². The molecule has 0 aliphatic heterocycles. The molecule has 0 atom stereocenters. The molecule has 1 rings (SSSR count). The number of ether oxygens (including phenoxy) is 1. The Kier molecular flexibility index (Phi) is 6.76. The highest BCUT2D eigenvalue weighted by molar-refractivity contribution is 5.21. The molecule has 86 valence electrons. The van der Waals surface area contributed by atoms with Crippen LogP contribution in [0.5, 0.6) is 5.75 Å². The molecule has 0 unspecified atom stereocenters. The molecule has 0 aromatic carbocycles. The van der Waals surface area contributed by atoms with Crippen molar-refractivity contribution in [3.63, 3.8) is 0 Å². The Balaban J connectivity index is 0.000000921. The van der Waals surface area contributed by atoms with Crippen molar-refractivity contribution in [2.75, 3.05) is 0 Å². The van der Waals surface area contributed by atoms with Gasteiger partial charge in [0, 0.05) is 5.69 Å². The number of rotatable bonds is 3. The largest absolute Gasteiger partial charge is 0.489 e. The third-order valence-electron chi connectivity index (χ3n) is 1.72. The molecule has 0 fully saturated rings. The van der Waals surface area contributed by atoms with Gasteiger partial charge in [0.1, 0.15) is 5.75 Å². The van der Waals surface area contributed by atoms with Crippen molar-refractivity contribution in [2.24, 2.45) is 0 Å². The Morgan fingerprint density at radius 3 is 2.00 bits per heavy atom. The monoisotopic (exact) mass is 209 g/mol. The first-order chi connectivity index (χ1) is 7.09. The fourth-order valence-corrected chi connectivity index (χ4v) is 1.08. The van der Waals surface area contributed by atoms with Crippen LogP contribution in [0.1, 0.15) is 53.2 Å². The zero-order valence-corrected chi connectivity index (χ0v) is 10.7. The Morgan fingerprint density at radius 1 is 1.07 bits per heavy atom. The zero-order chi connectivity index (χ0) is 11.8. The summed E-state index contributed by atoms with van der Waals surface area (Å²) in [4.78, 5) is 4.31. The molecule has 0 bridgehead atoms. The van der Waals surface area contributed by atoms with Gasteiger partial charge in [-0.05, 0) is 31.9 Å². The van der Waals surface area contributed by atoms with E-state index < -0.39 is 0 Å². The molecule has 0 aliphatic rings. The maximum Gasteiger partial charge on any atom is 0.137 e. The van der Waals surface area contributed by atoms with E-state index in [1.807, 2.05) is 39.8 Å². The molecule has 1 aromatic rings. The van der Waals surface area contributed by atoms with Crippen LogP contribution in [0.3, 0.4) is 0 Å². The van der Waals surface area contributed by atoms with Crippen LogP contribution in [-0.4, -0.2) is 11.1 Å². The molecule has 0 saturated carbocycles. The van der Waals surface area contributed by atoms with Gasteiger partial charge < -0.3 is 4.74 Å². The van der Waals surface area contributed by atoms with Crippen molar-refractivity contribution in [2.45, 2.75) is 53.6 Å². The third kappa shape index (κ3) is 5.40. The van der Waals surface area contributed by atoms with E-state index in [4.69, 9.17) is 4.74 Å². The Bertz CT molecular complexity index is 252. The SMILES string of the molecule is CC.CC(C)Oc1ccc(C(C)C)nc1. The summed E-state index contributed by atoms with van der Waals surface area (Å²) < 4.78 is 5.49. The van der Waals surface area contributed by atoms with Gasteiger partial charge in [0.05, 0.1) is 12.3 Å². The fourth-order valence-electron chi connectivity index (χ4n) is 1.08. The first-order valence-electron chi connectivity index (χ1n) is 5.72. The zero-order valence-electron chi connectivity index (χ0n) is 10.7. The summed E-state index contributed by atoms with van der Waals surface area (Å²) in [7, 11) is 0. The van der Waals surface area contributed by atoms with E-state index in [0.717, 1.165) is 11.4 Å². The molecular weight excluding hydrogens is 186 g/mol. The van der Waals surface area contributed by atoms with Crippen LogP contribution in [0.25, 0.3) is 0 Å². The van der Waals surface area contributed by atoms with Crippen molar-refractivity contribution in [1.29, 1.82) is 0 Å². The second-order valence-corrected chi connectivity index (χ2v) is 3.74. The molecule has 0 saturated heterocycles. The molecule has 0 aliphatic carbocycles. The molecule has 0 radical (unpaired) electrons.